The number of nitrogens with one attached hydrogen (secondary N) is 4. The Morgan fingerprint density at radius 2 is 1.05 bits per heavy atom. The van der Waals surface area contributed by atoms with E-state index in [1.54, 1.807) is 14.1 Å². The van der Waals surface area contributed by atoms with Crippen molar-refractivity contribution >= 4 is 17.8 Å². The van der Waals surface area contributed by atoms with Gasteiger partial charge in [0.1, 0.15) is 43.4 Å². The molecule has 0 aliphatic carbocycles. The van der Waals surface area contributed by atoms with Crippen LogP contribution < -0.4 is 30.7 Å². The third kappa shape index (κ3) is 13.0. The van der Waals surface area contributed by atoms with Crippen LogP contribution in [0.25, 0.3) is 11.1 Å². The average molecular weight is 787 g/mol. The molecule has 0 unspecified atom stereocenters. The number of carboxylic acid groups (broad SMARTS) is 1. The molecule has 5 N–H and O–H groups in total. The highest BCUT2D eigenvalue weighted by Gasteiger charge is 2.28. The van der Waals surface area contributed by atoms with Gasteiger partial charge in [0.05, 0.1) is 6.04 Å². The van der Waals surface area contributed by atoms with E-state index in [1.165, 1.54) is 0 Å². The lowest BCUT2D eigenvalue weighted by Gasteiger charge is -2.23. The summed E-state index contributed by atoms with van der Waals surface area (Å²) in [6.45, 7) is 1.40. The number of ether oxygens (including phenoxy) is 3. The summed E-state index contributed by atoms with van der Waals surface area (Å²) in [7, 11) is 5.21. The number of likely N-dealkylation sites (N-methyl/N-ethyl adjacent to an activating group) is 2. The molecule has 1 amide bonds. The Kier molecular flexibility index (Phi) is 16.8. The van der Waals surface area contributed by atoms with Crippen LogP contribution in [-0.2, 0) is 51.8 Å². The molecule has 5 rings (SSSR count). The highest BCUT2D eigenvalue weighted by atomic mass is 16.5. The number of benzene rings is 5. The van der Waals surface area contributed by atoms with Gasteiger partial charge in [-0.1, -0.05) is 103 Å². The van der Waals surface area contributed by atoms with Crippen LogP contribution in [0.5, 0.6) is 11.5 Å². The van der Waals surface area contributed by atoms with Crippen LogP contribution in [0.2, 0.25) is 0 Å². The summed E-state index contributed by atoms with van der Waals surface area (Å²) in [5.74, 6) is -0.730. The van der Waals surface area contributed by atoms with Crippen LogP contribution >= 0.6 is 0 Å². The van der Waals surface area contributed by atoms with Crippen LogP contribution in [0.1, 0.15) is 40.7 Å². The molecule has 5 aromatic rings. The summed E-state index contributed by atoms with van der Waals surface area (Å²) in [5.41, 5.74) is 5.78. The van der Waals surface area contributed by atoms with Crippen LogP contribution in [0.4, 0.5) is 0 Å². The molecular formula is C47H54N4O7. The standard InChI is InChI=1S/C47H54N4O7/c1-48-25-13-20-40(49-2)45(52)51-42(47(55)58-32-35-18-11-6-12-19-35)29-39-27-37(22-24-44(39)57-31-34-16-9-5-10-17-34)36-21-23-43(56-30-33-14-7-4-8-15-33)38(26-36)28-41(50-3)46(53)54/h4-12,14-19,21-24,26-27,40-42,48-50H,13,20,25,28-32H2,1-3H3,(H,51,52)(H,53,54)/t40-,41-,42-/m0/s1. The molecule has 3 atom stereocenters. The van der Waals surface area contributed by atoms with Crippen LogP contribution in [0.3, 0.4) is 0 Å². The molecule has 0 saturated heterocycles. The van der Waals surface area contributed by atoms with Crippen molar-refractivity contribution in [2.75, 3.05) is 27.7 Å². The van der Waals surface area contributed by atoms with Gasteiger partial charge in [0.25, 0.3) is 0 Å². The fourth-order valence-corrected chi connectivity index (χ4v) is 6.53. The molecule has 0 heterocycles. The third-order valence-corrected chi connectivity index (χ3v) is 9.83. The molecule has 0 saturated carbocycles. The van der Waals surface area contributed by atoms with Gasteiger partial charge in [0.2, 0.25) is 5.91 Å². The van der Waals surface area contributed by atoms with Gasteiger partial charge in [0.15, 0.2) is 0 Å². The van der Waals surface area contributed by atoms with Crippen molar-refractivity contribution in [1.82, 2.24) is 21.3 Å². The van der Waals surface area contributed by atoms with E-state index in [1.807, 2.05) is 134 Å². The molecule has 304 valence electrons. The number of carboxylic acids is 1. The van der Waals surface area contributed by atoms with Crippen LogP contribution in [0.15, 0.2) is 127 Å². The molecule has 0 spiro atoms. The van der Waals surface area contributed by atoms with Gasteiger partial charge in [-0.3, -0.25) is 9.59 Å². The van der Waals surface area contributed by atoms with Gasteiger partial charge in [-0.2, -0.15) is 0 Å². The quantitative estimate of drug-likeness (QED) is 0.0390. The highest BCUT2D eigenvalue weighted by Crippen LogP contribution is 2.33. The van der Waals surface area contributed by atoms with Crippen molar-refractivity contribution in [1.29, 1.82) is 0 Å². The summed E-state index contributed by atoms with van der Waals surface area (Å²) in [6.07, 6.45) is 1.59. The number of carbonyl (C=O) groups is 3. The van der Waals surface area contributed by atoms with Crippen molar-refractivity contribution < 1.29 is 33.7 Å². The fourth-order valence-electron chi connectivity index (χ4n) is 6.53. The normalized spacial score (nSPS) is 12.5. The minimum atomic E-state index is -1.04. The second-order valence-corrected chi connectivity index (χ2v) is 14.0. The maximum Gasteiger partial charge on any atom is 0.329 e. The van der Waals surface area contributed by atoms with Crippen molar-refractivity contribution in [2.24, 2.45) is 0 Å². The van der Waals surface area contributed by atoms with E-state index in [0.717, 1.165) is 40.8 Å². The number of hydrogen-bond acceptors (Lipinski definition) is 9. The van der Waals surface area contributed by atoms with Crippen molar-refractivity contribution in [3.63, 3.8) is 0 Å². The smallest absolute Gasteiger partial charge is 0.329 e. The topological polar surface area (TPSA) is 147 Å². The fraction of sp³-hybridized carbons (Fsp3) is 0.298. The first-order valence-corrected chi connectivity index (χ1v) is 19.6. The van der Waals surface area contributed by atoms with E-state index in [0.29, 0.717) is 35.7 Å². The molecule has 0 aliphatic rings. The number of aliphatic carboxylic acids is 1. The Balaban J connectivity index is 1.50. The molecule has 0 aliphatic heterocycles. The Morgan fingerprint density at radius 1 is 0.586 bits per heavy atom. The third-order valence-electron chi connectivity index (χ3n) is 9.83. The van der Waals surface area contributed by atoms with Gasteiger partial charge >= 0.3 is 11.9 Å². The maximum absolute atomic E-state index is 13.9. The molecular weight excluding hydrogens is 733 g/mol. The Bertz CT molecular complexity index is 2050. The Labute approximate surface area is 341 Å². The van der Waals surface area contributed by atoms with E-state index < -0.39 is 30.1 Å². The van der Waals surface area contributed by atoms with Gasteiger partial charge < -0.3 is 40.6 Å². The van der Waals surface area contributed by atoms with Gasteiger partial charge in [0, 0.05) is 12.8 Å². The first kappa shape index (κ1) is 43.1. The molecule has 0 radical (unpaired) electrons. The zero-order chi connectivity index (χ0) is 41.1. The van der Waals surface area contributed by atoms with Crippen molar-refractivity contribution in [3.05, 3.63) is 155 Å². The number of rotatable bonds is 23. The lowest BCUT2D eigenvalue weighted by atomic mass is 9.95. The lowest BCUT2D eigenvalue weighted by molar-refractivity contribution is -0.149. The highest BCUT2D eigenvalue weighted by molar-refractivity contribution is 5.88. The largest absolute Gasteiger partial charge is 0.489 e. The average Bonchev–Trinajstić information content (AvgIpc) is 3.25. The van der Waals surface area contributed by atoms with E-state index in [-0.39, 0.29) is 32.0 Å². The zero-order valence-electron chi connectivity index (χ0n) is 33.4. The summed E-state index contributed by atoms with van der Waals surface area (Å²) >= 11 is 0. The van der Waals surface area contributed by atoms with Crippen LogP contribution in [-0.4, -0.2) is 68.8 Å². The molecule has 0 fully saturated rings. The predicted octanol–water partition coefficient (Wildman–Crippen LogP) is 6.09. The number of esters is 1. The van der Waals surface area contributed by atoms with E-state index in [4.69, 9.17) is 14.2 Å². The molecule has 11 heteroatoms. The van der Waals surface area contributed by atoms with E-state index in [2.05, 4.69) is 21.3 Å². The van der Waals surface area contributed by atoms with E-state index in [9.17, 15) is 19.5 Å². The molecule has 58 heavy (non-hydrogen) atoms. The SMILES string of the molecule is CNCCC[C@H](NC)C(=O)N[C@@H](Cc1cc(-c2ccc(OCc3ccccc3)c(C[C@H](NC)C(=O)O)c2)ccc1OCc1ccccc1)C(=O)OCc1ccccc1. The maximum atomic E-state index is 13.9. The van der Waals surface area contributed by atoms with Gasteiger partial charge in [-0.15, -0.1) is 0 Å². The van der Waals surface area contributed by atoms with Crippen molar-refractivity contribution in [3.8, 4) is 22.6 Å². The number of carbonyl (C=O) groups excluding carboxylic acids is 2. The predicted molar refractivity (Wildman–Crippen MR) is 225 cm³/mol. The Hall–Kier alpha value is -6.01. The second-order valence-electron chi connectivity index (χ2n) is 14.0. The number of amides is 1. The summed E-state index contributed by atoms with van der Waals surface area (Å²) in [4.78, 5) is 39.8. The van der Waals surface area contributed by atoms with Crippen molar-refractivity contribution in [2.45, 2.75) is 63.6 Å². The zero-order valence-corrected chi connectivity index (χ0v) is 33.4. The first-order valence-electron chi connectivity index (χ1n) is 19.6. The summed E-state index contributed by atoms with van der Waals surface area (Å²) in [6, 6.07) is 38.0. The first-order chi connectivity index (χ1) is 28.3. The van der Waals surface area contributed by atoms with E-state index >= 15 is 0 Å². The van der Waals surface area contributed by atoms with Crippen LogP contribution in [0, 0.1) is 0 Å². The summed E-state index contributed by atoms with van der Waals surface area (Å²) < 4.78 is 18.5. The molecule has 0 bridgehead atoms. The minimum Gasteiger partial charge on any atom is -0.489 e. The molecule has 11 nitrogen and oxygen atoms in total. The lowest BCUT2D eigenvalue weighted by Crippen LogP contribution is -2.50. The molecule has 5 aromatic carbocycles. The Morgan fingerprint density at radius 3 is 1.50 bits per heavy atom. The second kappa shape index (κ2) is 22.7. The molecule has 0 aromatic heterocycles. The minimum absolute atomic E-state index is 0.0481. The van der Waals surface area contributed by atoms with Gasteiger partial charge in [-0.25, -0.2) is 4.79 Å². The number of hydrogen-bond donors (Lipinski definition) is 5. The monoisotopic (exact) mass is 786 g/mol. The summed E-state index contributed by atoms with van der Waals surface area (Å²) in [5, 5.41) is 22.0. The van der Waals surface area contributed by atoms with Gasteiger partial charge in [-0.05, 0) is 104 Å².